The van der Waals surface area contributed by atoms with Crippen LogP contribution in [0.15, 0.2) is 53.4 Å². The maximum Gasteiger partial charge on any atom is 0.416 e. The lowest BCUT2D eigenvalue weighted by Crippen LogP contribution is -2.37. The number of hydrogen-bond acceptors (Lipinski definition) is 3. The molecule has 0 bridgehead atoms. The molecule has 1 fully saturated rings. The molecule has 3 rings (SSSR count). The van der Waals surface area contributed by atoms with Gasteiger partial charge in [0.05, 0.1) is 10.5 Å². The molecule has 4 nitrogen and oxygen atoms in total. The summed E-state index contributed by atoms with van der Waals surface area (Å²) in [5.74, 6) is -0.841. The Hall–Kier alpha value is -2.06. The number of rotatable bonds is 4. The van der Waals surface area contributed by atoms with E-state index in [1.807, 2.05) is 0 Å². The monoisotopic (exact) mass is 403 g/mol. The molecule has 1 N–H and O–H groups in total. The Morgan fingerprint density at radius 1 is 1.08 bits per heavy atom. The third-order valence-electron chi connectivity index (χ3n) is 4.20. The van der Waals surface area contributed by atoms with Crippen LogP contribution in [0.5, 0.6) is 0 Å². The van der Waals surface area contributed by atoms with E-state index in [1.165, 1.54) is 30.3 Å². The van der Waals surface area contributed by atoms with Gasteiger partial charge in [-0.3, -0.25) is 4.79 Å². The van der Waals surface area contributed by atoms with Gasteiger partial charge in [0.15, 0.2) is 14.6 Å². The number of carbonyl (C=O) groups excluding carboxylic acids is 1. The molecular weight excluding hydrogens is 391 g/mol. The molecule has 0 heterocycles. The number of sulfone groups is 1. The van der Waals surface area contributed by atoms with Crippen LogP contribution in [-0.4, -0.2) is 19.1 Å². The van der Waals surface area contributed by atoms with Crippen molar-refractivity contribution in [2.45, 2.75) is 28.7 Å². The van der Waals surface area contributed by atoms with E-state index in [9.17, 15) is 26.4 Å². The summed E-state index contributed by atoms with van der Waals surface area (Å²) in [4.78, 5) is 12.5. The topological polar surface area (TPSA) is 63.2 Å². The fourth-order valence-corrected chi connectivity index (χ4v) is 4.60. The molecule has 0 atom stereocenters. The molecule has 0 aromatic heterocycles. The van der Waals surface area contributed by atoms with Crippen molar-refractivity contribution >= 4 is 33.0 Å². The standard InChI is InChI=1S/C17H13ClF3NO3S/c18-12-4-6-14(7-5-12)26(24,25)16(8-9-16)15(23)22-13-3-1-2-11(10-13)17(19,20)21/h1-7,10H,8-9H2,(H,22,23). The van der Waals surface area contributed by atoms with Crippen molar-refractivity contribution in [3.05, 3.63) is 59.1 Å². The van der Waals surface area contributed by atoms with E-state index in [2.05, 4.69) is 5.32 Å². The number of nitrogens with one attached hydrogen (secondary N) is 1. The number of alkyl halides is 3. The SMILES string of the molecule is O=C(Nc1cccc(C(F)(F)F)c1)C1(S(=O)(=O)c2ccc(Cl)cc2)CC1. The Kier molecular flexibility index (Phi) is 4.52. The quantitative estimate of drug-likeness (QED) is 0.827. The number of benzene rings is 2. The number of halogens is 4. The summed E-state index contributed by atoms with van der Waals surface area (Å²) in [6.07, 6.45) is -4.36. The van der Waals surface area contributed by atoms with E-state index in [0.29, 0.717) is 5.02 Å². The summed E-state index contributed by atoms with van der Waals surface area (Å²) in [7, 11) is -3.99. The minimum absolute atomic E-state index is 0.0569. The molecule has 2 aromatic rings. The third kappa shape index (κ3) is 3.31. The predicted molar refractivity (Wildman–Crippen MR) is 90.7 cm³/mol. The van der Waals surface area contributed by atoms with Gasteiger partial charge in [0, 0.05) is 10.7 Å². The number of hydrogen-bond donors (Lipinski definition) is 1. The van der Waals surface area contributed by atoms with E-state index in [0.717, 1.165) is 18.2 Å². The Morgan fingerprint density at radius 3 is 2.23 bits per heavy atom. The fraction of sp³-hybridized carbons (Fsp3) is 0.235. The van der Waals surface area contributed by atoms with Gasteiger partial charge in [0.2, 0.25) is 5.91 Å². The van der Waals surface area contributed by atoms with Crippen LogP contribution < -0.4 is 5.32 Å². The lowest BCUT2D eigenvalue weighted by Gasteiger charge is -2.17. The smallest absolute Gasteiger partial charge is 0.325 e. The van der Waals surface area contributed by atoms with Gasteiger partial charge in [0.25, 0.3) is 0 Å². The van der Waals surface area contributed by atoms with Crippen molar-refractivity contribution < 1.29 is 26.4 Å². The maximum atomic E-state index is 12.8. The van der Waals surface area contributed by atoms with Gasteiger partial charge >= 0.3 is 6.18 Å². The van der Waals surface area contributed by atoms with Crippen LogP contribution in [0.2, 0.25) is 5.02 Å². The Labute approximate surface area is 152 Å². The zero-order chi connectivity index (χ0) is 19.2. The van der Waals surface area contributed by atoms with Crippen LogP contribution in [-0.2, 0) is 20.8 Å². The van der Waals surface area contributed by atoms with Crippen molar-refractivity contribution in [1.82, 2.24) is 0 Å². The van der Waals surface area contributed by atoms with Crippen molar-refractivity contribution in [1.29, 1.82) is 0 Å². The molecule has 0 unspecified atom stereocenters. The largest absolute Gasteiger partial charge is 0.416 e. The van der Waals surface area contributed by atoms with E-state index in [1.54, 1.807) is 0 Å². The molecule has 1 aliphatic carbocycles. The number of amides is 1. The molecular formula is C17H13ClF3NO3S. The van der Waals surface area contributed by atoms with Crippen molar-refractivity contribution in [3.63, 3.8) is 0 Å². The first-order valence-electron chi connectivity index (χ1n) is 7.55. The van der Waals surface area contributed by atoms with Crippen molar-refractivity contribution in [2.75, 3.05) is 5.32 Å². The average Bonchev–Trinajstić information content (AvgIpc) is 3.37. The molecule has 138 valence electrons. The van der Waals surface area contributed by atoms with E-state index < -0.39 is 32.2 Å². The molecule has 0 saturated heterocycles. The van der Waals surface area contributed by atoms with Crippen LogP contribution in [0, 0.1) is 0 Å². The summed E-state index contributed by atoms with van der Waals surface area (Å²) in [6.45, 7) is 0. The summed E-state index contributed by atoms with van der Waals surface area (Å²) in [5, 5.41) is 2.65. The molecule has 0 radical (unpaired) electrons. The van der Waals surface area contributed by atoms with Gasteiger partial charge in [-0.25, -0.2) is 8.42 Å². The van der Waals surface area contributed by atoms with Gasteiger partial charge < -0.3 is 5.32 Å². The third-order valence-corrected chi connectivity index (χ3v) is 6.97. The van der Waals surface area contributed by atoms with Crippen LogP contribution in [0.3, 0.4) is 0 Å². The molecule has 26 heavy (non-hydrogen) atoms. The van der Waals surface area contributed by atoms with Crippen molar-refractivity contribution in [3.8, 4) is 0 Å². The van der Waals surface area contributed by atoms with Crippen molar-refractivity contribution in [2.24, 2.45) is 0 Å². The highest BCUT2D eigenvalue weighted by molar-refractivity contribution is 7.94. The molecule has 2 aromatic carbocycles. The van der Waals surface area contributed by atoms with Gasteiger partial charge in [-0.1, -0.05) is 17.7 Å². The number of carbonyl (C=O) groups is 1. The number of anilines is 1. The van der Waals surface area contributed by atoms with E-state index >= 15 is 0 Å². The Bertz CT molecular complexity index is 952. The van der Waals surface area contributed by atoms with Gasteiger partial charge in [-0.2, -0.15) is 13.2 Å². The second-order valence-corrected chi connectivity index (χ2v) is 8.68. The van der Waals surface area contributed by atoms with Crippen LogP contribution >= 0.6 is 11.6 Å². The average molecular weight is 404 g/mol. The Morgan fingerprint density at radius 2 is 1.69 bits per heavy atom. The highest BCUT2D eigenvalue weighted by Crippen LogP contribution is 2.47. The maximum absolute atomic E-state index is 12.8. The van der Waals surface area contributed by atoms with E-state index in [4.69, 9.17) is 11.6 Å². The minimum atomic E-state index is -4.56. The van der Waals surface area contributed by atoms with Gasteiger partial charge in [0.1, 0.15) is 0 Å². The summed E-state index contributed by atoms with van der Waals surface area (Å²) >= 11 is 5.75. The molecule has 0 aliphatic heterocycles. The minimum Gasteiger partial charge on any atom is -0.325 e. The highest BCUT2D eigenvalue weighted by Gasteiger charge is 2.61. The molecule has 1 aliphatic rings. The lowest BCUT2D eigenvalue weighted by atomic mass is 10.2. The molecule has 1 saturated carbocycles. The Balaban J connectivity index is 1.87. The summed E-state index contributed by atoms with van der Waals surface area (Å²) in [6, 6.07) is 9.45. The van der Waals surface area contributed by atoms with E-state index in [-0.39, 0.29) is 23.4 Å². The first-order valence-corrected chi connectivity index (χ1v) is 9.41. The van der Waals surface area contributed by atoms with Gasteiger partial charge in [-0.15, -0.1) is 0 Å². The normalized spacial score (nSPS) is 16.2. The summed E-state index contributed by atoms with van der Waals surface area (Å²) in [5.41, 5.74) is -1.04. The van der Waals surface area contributed by atoms with Crippen LogP contribution in [0.25, 0.3) is 0 Å². The highest BCUT2D eigenvalue weighted by atomic mass is 35.5. The zero-order valence-electron chi connectivity index (χ0n) is 13.2. The molecule has 1 amide bonds. The molecule has 9 heteroatoms. The second-order valence-electron chi connectivity index (χ2n) is 5.98. The first-order chi connectivity index (χ1) is 12.1. The molecule has 0 spiro atoms. The summed E-state index contributed by atoms with van der Waals surface area (Å²) < 4.78 is 62.3. The zero-order valence-corrected chi connectivity index (χ0v) is 14.8. The van der Waals surface area contributed by atoms with Crippen LogP contribution in [0.4, 0.5) is 18.9 Å². The first kappa shape index (κ1) is 18.7. The lowest BCUT2D eigenvalue weighted by molar-refractivity contribution is -0.137. The van der Waals surface area contributed by atoms with Gasteiger partial charge in [-0.05, 0) is 55.3 Å². The second kappa shape index (κ2) is 6.28. The predicted octanol–water partition coefficient (Wildman–Crippen LogP) is 4.30. The van der Waals surface area contributed by atoms with Crippen LogP contribution in [0.1, 0.15) is 18.4 Å². The fourth-order valence-electron chi connectivity index (χ4n) is 2.59.